The Morgan fingerprint density at radius 3 is 2.44 bits per heavy atom. The molecule has 4 nitrogen and oxygen atoms in total. The third kappa shape index (κ3) is 4.18. The van der Waals surface area contributed by atoms with Gasteiger partial charge in [0.05, 0.1) is 7.11 Å². The molecule has 0 spiro atoms. The Morgan fingerprint density at radius 2 is 1.88 bits per heavy atom. The lowest BCUT2D eigenvalue weighted by molar-refractivity contribution is 0.280. The van der Waals surface area contributed by atoms with Crippen LogP contribution >= 0.6 is 0 Å². The largest absolute Gasteiger partial charge is 0.497 e. The summed E-state index contributed by atoms with van der Waals surface area (Å²) in [5.74, 6) is 0.887. The Hall–Kier alpha value is -1.10. The Kier molecular flexibility index (Phi) is 5.85. The fourth-order valence-corrected chi connectivity index (χ4v) is 1.66. The second-order valence-electron chi connectivity index (χ2n) is 3.71. The van der Waals surface area contributed by atoms with Gasteiger partial charge in [0, 0.05) is 32.7 Å². The van der Waals surface area contributed by atoms with Crippen LogP contribution in [0.3, 0.4) is 0 Å². The molecule has 0 amide bonds. The molecule has 90 valence electrons. The van der Waals surface area contributed by atoms with Gasteiger partial charge in [-0.15, -0.1) is 0 Å². The number of methoxy groups -OCH3 is 1. The quantitative estimate of drug-likeness (QED) is 0.703. The first kappa shape index (κ1) is 13.0. The predicted molar refractivity (Wildman–Crippen MR) is 66.4 cm³/mol. The molecular weight excluding hydrogens is 202 g/mol. The molecule has 4 N–H and O–H groups in total. The fourth-order valence-electron chi connectivity index (χ4n) is 1.66. The molecule has 0 fully saturated rings. The third-order valence-corrected chi connectivity index (χ3v) is 2.43. The summed E-state index contributed by atoms with van der Waals surface area (Å²) in [5, 5.41) is 0. The van der Waals surface area contributed by atoms with Gasteiger partial charge in [0.1, 0.15) is 5.75 Å². The van der Waals surface area contributed by atoms with Crippen molar-refractivity contribution >= 4 is 0 Å². The molecule has 1 aromatic carbocycles. The van der Waals surface area contributed by atoms with Crippen molar-refractivity contribution in [3.05, 3.63) is 29.8 Å². The molecule has 0 heterocycles. The van der Waals surface area contributed by atoms with E-state index in [2.05, 4.69) is 11.0 Å². The van der Waals surface area contributed by atoms with Gasteiger partial charge in [0.2, 0.25) is 0 Å². The van der Waals surface area contributed by atoms with Crippen LogP contribution in [0.4, 0.5) is 0 Å². The van der Waals surface area contributed by atoms with Crippen LogP contribution in [0.5, 0.6) is 5.75 Å². The summed E-state index contributed by atoms with van der Waals surface area (Å²) in [5.41, 5.74) is 12.3. The lowest BCUT2D eigenvalue weighted by atomic mass is 10.2. The van der Waals surface area contributed by atoms with Crippen LogP contribution in [0.25, 0.3) is 0 Å². The molecule has 0 unspecified atom stereocenters. The fraction of sp³-hybridized carbons (Fsp3) is 0.500. The van der Waals surface area contributed by atoms with E-state index in [1.54, 1.807) is 7.11 Å². The van der Waals surface area contributed by atoms with Gasteiger partial charge in [-0.25, -0.2) is 0 Å². The number of nitrogens with two attached hydrogens (primary N) is 2. The molecule has 0 aliphatic heterocycles. The van der Waals surface area contributed by atoms with Crippen LogP contribution < -0.4 is 16.2 Å². The molecule has 1 rings (SSSR count). The lowest BCUT2D eigenvalue weighted by Crippen LogP contribution is -2.33. The third-order valence-electron chi connectivity index (χ3n) is 2.43. The highest BCUT2D eigenvalue weighted by atomic mass is 16.5. The highest BCUT2D eigenvalue weighted by Crippen LogP contribution is 2.13. The first-order valence-electron chi connectivity index (χ1n) is 5.55. The number of nitrogens with zero attached hydrogens (tertiary/aromatic N) is 1. The van der Waals surface area contributed by atoms with Crippen molar-refractivity contribution in [1.29, 1.82) is 0 Å². The minimum absolute atomic E-state index is 0.657. The zero-order valence-corrected chi connectivity index (χ0v) is 9.86. The normalized spacial score (nSPS) is 10.8. The predicted octanol–water partition coefficient (Wildman–Crippen LogP) is 0.415. The molecule has 0 aliphatic carbocycles. The van der Waals surface area contributed by atoms with Gasteiger partial charge >= 0.3 is 0 Å². The van der Waals surface area contributed by atoms with E-state index in [0.717, 1.165) is 25.4 Å². The summed E-state index contributed by atoms with van der Waals surface area (Å²) in [7, 11) is 1.68. The highest BCUT2D eigenvalue weighted by molar-refractivity contribution is 5.28. The maximum absolute atomic E-state index is 5.56. The number of hydrogen-bond donors (Lipinski definition) is 2. The molecule has 4 heteroatoms. The molecule has 0 saturated carbocycles. The first-order valence-corrected chi connectivity index (χ1v) is 5.55. The summed E-state index contributed by atoms with van der Waals surface area (Å²) in [6.07, 6.45) is 0. The number of ether oxygens (including phenoxy) is 1. The maximum atomic E-state index is 5.56. The van der Waals surface area contributed by atoms with Crippen molar-refractivity contribution in [2.24, 2.45) is 11.5 Å². The van der Waals surface area contributed by atoms with Crippen molar-refractivity contribution in [3.8, 4) is 5.75 Å². The van der Waals surface area contributed by atoms with E-state index >= 15 is 0 Å². The van der Waals surface area contributed by atoms with E-state index < -0.39 is 0 Å². The van der Waals surface area contributed by atoms with Crippen molar-refractivity contribution in [2.75, 3.05) is 33.3 Å². The summed E-state index contributed by atoms with van der Waals surface area (Å²) < 4.78 is 5.19. The van der Waals surface area contributed by atoms with E-state index in [-0.39, 0.29) is 0 Å². The molecule has 0 aliphatic rings. The minimum atomic E-state index is 0.657. The second kappa shape index (κ2) is 7.22. The Morgan fingerprint density at radius 1 is 1.19 bits per heavy atom. The lowest BCUT2D eigenvalue weighted by Gasteiger charge is -2.20. The van der Waals surface area contributed by atoms with Crippen LogP contribution in [-0.4, -0.2) is 38.2 Å². The second-order valence-corrected chi connectivity index (χ2v) is 3.71. The molecule has 0 atom stereocenters. The van der Waals surface area contributed by atoms with E-state index in [1.807, 2.05) is 18.2 Å². The monoisotopic (exact) mass is 223 g/mol. The average molecular weight is 223 g/mol. The highest BCUT2D eigenvalue weighted by Gasteiger charge is 2.04. The van der Waals surface area contributed by atoms with Gasteiger partial charge in [0.15, 0.2) is 0 Å². The van der Waals surface area contributed by atoms with Crippen LogP contribution in [0.2, 0.25) is 0 Å². The van der Waals surface area contributed by atoms with Gasteiger partial charge in [0.25, 0.3) is 0 Å². The van der Waals surface area contributed by atoms with Crippen molar-refractivity contribution in [2.45, 2.75) is 6.54 Å². The van der Waals surface area contributed by atoms with Crippen LogP contribution in [0.1, 0.15) is 5.56 Å². The van der Waals surface area contributed by atoms with Crippen LogP contribution in [0.15, 0.2) is 24.3 Å². The van der Waals surface area contributed by atoms with Gasteiger partial charge in [-0.05, 0) is 17.7 Å². The zero-order valence-electron chi connectivity index (χ0n) is 9.86. The van der Waals surface area contributed by atoms with E-state index in [0.29, 0.717) is 13.1 Å². The number of hydrogen-bond acceptors (Lipinski definition) is 4. The van der Waals surface area contributed by atoms with Crippen molar-refractivity contribution in [3.63, 3.8) is 0 Å². The molecule has 16 heavy (non-hydrogen) atoms. The molecule has 0 saturated heterocycles. The summed E-state index contributed by atoms with van der Waals surface area (Å²) in [4.78, 5) is 2.24. The topological polar surface area (TPSA) is 64.5 Å². The smallest absolute Gasteiger partial charge is 0.119 e. The van der Waals surface area contributed by atoms with Crippen molar-refractivity contribution in [1.82, 2.24) is 4.90 Å². The van der Waals surface area contributed by atoms with E-state index in [9.17, 15) is 0 Å². The molecule has 0 aromatic heterocycles. The molecule has 0 radical (unpaired) electrons. The molecule has 0 bridgehead atoms. The summed E-state index contributed by atoms with van der Waals surface area (Å²) in [6, 6.07) is 8.07. The number of rotatable bonds is 7. The number of benzene rings is 1. The summed E-state index contributed by atoms with van der Waals surface area (Å²) in [6.45, 7) is 3.92. The Bertz CT molecular complexity index is 298. The molecule has 1 aromatic rings. The standard InChI is InChI=1S/C12H21N3O/c1-16-12-4-2-3-11(9-12)10-15(7-5-13)8-6-14/h2-4,9H,5-8,10,13-14H2,1H3. The van der Waals surface area contributed by atoms with Crippen LogP contribution in [0, 0.1) is 0 Å². The Balaban J connectivity index is 2.60. The van der Waals surface area contributed by atoms with Gasteiger partial charge in [-0.2, -0.15) is 0 Å². The average Bonchev–Trinajstić information content (AvgIpc) is 2.30. The van der Waals surface area contributed by atoms with Crippen LogP contribution in [-0.2, 0) is 6.54 Å². The van der Waals surface area contributed by atoms with Gasteiger partial charge in [-0.1, -0.05) is 12.1 Å². The van der Waals surface area contributed by atoms with E-state index in [1.165, 1.54) is 5.56 Å². The summed E-state index contributed by atoms with van der Waals surface area (Å²) >= 11 is 0. The first-order chi connectivity index (χ1) is 7.80. The minimum Gasteiger partial charge on any atom is -0.497 e. The van der Waals surface area contributed by atoms with Gasteiger partial charge in [-0.3, -0.25) is 4.90 Å². The van der Waals surface area contributed by atoms with Crippen molar-refractivity contribution < 1.29 is 4.74 Å². The zero-order chi connectivity index (χ0) is 11.8. The maximum Gasteiger partial charge on any atom is 0.119 e. The molecular formula is C12H21N3O. The Labute approximate surface area is 97.2 Å². The SMILES string of the molecule is COc1cccc(CN(CCN)CCN)c1. The van der Waals surface area contributed by atoms with Gasteiger partial charge < -0.3 is 16.2 Å². The van der Waals surface area contributed by atoms with E-state index in [4.69, 9.17) is 16.2 Å².